The normalized spacial score (nSPS) is 9.39. The Bertz CT molecular complexity index is 454. The van der Waals surface area contributed by atoms with Gasteiger partial charge in [0.2, 0.25) is 0 Å². The summed E-state index contributed by atoms with van der Waals surface area (Å²) in [6, 6.07) is 5.40. The summed E-state index contributed by atoms with van der Waals surface area (Å²) >= 11 is 0. The van der Waals surface area contributed by atoms with Crippen LogP contribution in [0.1, 0.15) is 12.5 Å². The summed E-state index contributed by atoms with van der Waals surface area (Å²) < 4.78 is 4.57. The second-order valence-corrected chi connectivity index (χ2v) is 3.12. The summed E-state index contributed by atoms with van der Waals surface area (Å²) in [5.74, 6) is -0.790. The highest BCUT2D eigenvalue weighted by Gasteiger charge is 2.09. The van der Waals surface area contributed by atoms with E-state index in [9.17, 15) is 19.7 Å². The number of nitro benzene ring substituents is 1. The van der Waals surface area contributed by atoms with Crippen LogP contribution in [0.4, 0.5) is 10.5 Å². The Morgan fingerprint density at radius 1 is 1.22 bits per heavy atom. The summed E-state index contributed by atoms with van der Waals surface area (Å²) in [7, 11) is 0. The van der Waals surface area contributed by atoms with E-state index in [0.29, 0.717) is 5.56 Å². The average molecular weight is 255 g/mol. The van der Waals surface area contributed by atoms with Gasteiger partial charge in [-0.3, -0.25) is 10.1 Å². The zero-order valence-corrected chi connectivity index (χ0v) is 9.32. The van der Waals surface area contributed by atoms with Gasteiger partial charge in [0.15, 0.2) is 0 Å². The molecule has 0 aromatic heterocycles. The Balaban J connectivity index is 2.41. The highest BCUT2D eigenvalue weighted by molar-refractivity contribution is 5.67. The zero-order chi connectivity index (χ0) is 13.5. The van der Waals surface area contributed by atoms with E-state index in [0.717, 1.165) is 6.92 Å². The van der Waals surface area contributed by atoms with Gasteiger partial charge in [0.05, 0.1) is 4.92 Å². The third kappa shape index (κ3) is 4.47. The second-order valence-electron chi connectivity index (χ2n) is 3.12. The number of nitrogens with zero attached hydrogens (tertiary/aromatic N) is 1. The third-order valence-corrected chi connectivity index (χ3v) is 1.73. The molecule has 0 heterocycles. The van der Waals surface area contributed by atoms with Gasteiger partial charge in [0.25, 0.3) is 5.69 Å². The fourth-order valence-corrected chi connectivity index (χ4v) is 0.973. The van der Waals surface area contributed by atoms with E-state index in [1.165, 1.54) is 24.3 Å². The lowest BCUT2D eigenvalue weighted by Gasteiger charge is -2.03. The van der Waals surface area contributed by atoms with Crippen molar-refractivity contribution in [2.45, 2.75) is 13.5 Å². The number of hydrogen-bond acceptors (Lipinski definition) is 7. The van der Waals surface area contributed by atoms with E-state index < -0.39 is 17.0 Å². The van der Waals surface area contributed by atoms with Crippen LogP contribution in [0.5, 0.6) is 0 Å². The minimum atomic E-state index is -1.18. The number of rotatable bonds is 3. The minimum Gasteiger partial charge on any atom is -0.427 e. The molecular weight excluding hydrogens is 246 g/mol. The van der Waals surface area contributed by atoms with Crippen LogP contribution < -0.4 is 0 Å². The molecule has 0 aliphatic rings. The molecule has 0 radical (unpaired) electrons. The first-order valence-corrected chi connectivity index (χ1v) is 4.74. The molecule has 1 aromatic rings. The number of benzene rings is 1. The smallest absolute Gasteiger partial charge is 0.427 e. The molecule has 0 saturated carbocycles. The molecule has 0 aliphatic carbocycles. The van der Waals surface area contributed by atoms with Gasteiger partial charge in [-0.25, -0.2) is 14.6 Å². The Morgan fingerprint density at radius 3 is 2.33 bits per heavy atom. The molecule has 0 N–H and O–H groups in total. The van der Waals surface area contributed by atoms with Gasteiger partial charge < -0.3 is 4.74 Å². The Hall–Kier alpha value is -2.64. The molecule has 0 bridgehead atoms. The van der Waals surface area contributed by atoms with Crippen molar-refractivity contribution in [3.63, 3.8) is 0 Å². The Labute approximate surface area is 101 Å². The summed E-state index contributed by atoms with van der Waals surface area (Å²) in [5, 5.41) is 10.4. The highest BCUT2D eigenvalue weighted by Crippen LogP contribution is 2.12. The molecule has 0 atom stereocenters. The SMILES string of the molecule is CC(=O)OOC(=O)OCc1ccc([N+](=O)[O-])cc1. The number of carbonyl (C=O) groups is 2. The summed E-state index contributed by atoms with van der Waals surface area (Å²) in [4.78, 5) is 38.9. The molecule has 8 nitrogen and oxygen atoms in total. The molecule has 18 heavy (non-hydrogen) atoms. The van der Waals surface area contributed by atoms with Crippen molar-refractivity contribution in [1.29, 1.82) is 0 Å². The van der Waals surface area contributed by atoms with Crippen molar-refractivity contribution in [2.24, 2.45) is 0 Å². The predicted molar refractivity (Wildman–Crippen MR) is 56.1 cm³/mol. The lowest BCUT2D eigenvalue weighted by atomic mass is 10.2. The van der Waals surface area contributed by atoms with Gasteiger partial charge in [-0.1, -0.05) is 0 Å². The van der Waals surface area contributed by atoms with E-state index in [1.54, 1.807) is 0 Å². The van der Waals surface area contributed by atoms with Crippen molar-refractivity contribution < 1.29 is 29.0 Å². The zero-order valence-electron chi connectivity index (χ0n) is 9.32. The molecule has 0 fully saturated rings. The third-order valence-electron chi connectivity index (χ3n) is 1.73. The van der Waals surface area contributed by atoms with Crippen LogP contribution in [-0.4, -0.2) is 17.0 Å². The average Bonchev–Trinajstić information content (AvgIpc) is 2.34. The molecule has 1 aromatic carbocycles. The molecule has 0 unspecified atom stereocenters. The number of carbonyl (C=O) groups excluding carboxylic acids is 2. The maximum absolute atomic E-state index is 10.9. The van der Waals surface area contributed by atoms with Crippen molar-refractivity contribution in [3.05, 3.63) is 39.9 Å². The van der Waals surface area contributed by atoms with Gasteiger partial charge in [-0.05, 0) is 17.7 Å². The Morgan fingerprint density at radius 2 is 1.83 bits per heavy atom. The van der Waals surface area contributed by atoms with Crippen LogP contribution in [0.25, 0.3) is 0 Å². The van der Waals surface area contributed by atoms with Crippen molar-refractivity contribution >= 4 is 17.8 Å². The molecule has 96 valence electrons. The quantitative estimate of drug-likeness (QED) is 0.350. The Kier molecular flexibility index (Phi) is 4.61. The number of non-ortho nitro benzene ring substituents is 1. The summed E-state index contributed by atoms with van der Waals surface area (Å²) in [6.07, 6.45) is -1.18. The molecule has 0 spiro atoms. The van der Waals surface area contributed by atoms with E-state index in [4.69, 9.17) is 0 Å². The van der Waals surface area contributed by atoms with Gasteiger partial charge in [-0.15, -0.1) is 0 Å². The minimum absolute atomic E-state index is 0.0683. The van der Waals surface area contributed by atoms with Crippen LogP contribution in [0.3, 0.4) is 0 Å². The largest absolute Gasteiger partial charge is 0.550 e. The van der Waals surface area contributed by atoms with Crippen LogP contribution in [0, 0.1) is 10.1 Å². The van der Waals surface area contributed by atoms with Gasteiger partial charge in [0.1, 0.15) is 6.61 Å². The highest BCUT2D eigenvalue weighted by atomic mass is 17.2. The molecule has 8 heteroatoms. The van der Waals surface area contributed by atoms with Gasteiger partial charge in [0, 0.05) is 19.1 Å². The topological polar surface area (TPSA) is 105 Å². The summed E-state index contributed by atoms with van der Waals surface area (Å²) in [6.45, 7) is 0.904. The number of hydrogen-bond donors (Lipinski definition) is 0. The predicted octanol–water partition coefficient (Wildman–Crippen LogP) is 1.73. The second kappa shape index (κ2) is 6.18. The van der Waals surface area contributed by atoms with Crippen molar-refractivity contribution in [3.8, 4) is 0 Å². The van der Waals surface area contributed by atoms with Crippen LogP contribution in [0.15, 0.2) is 24.3 Å². The van der Waals surface area contributed by atoms with E-state index in [2.05, 4.69) is 14.5 Å². The first kappa shape index (κ1) is 13.4. The summed E-state index contributed by atoms with van der Waals surface area (Å²) in [5.41, 5.74) is 0.460. The van der Waals surface area contributed by atoms with Crippen LogP contribution >= 0.6 is 0 Å². The fraction of sp³-hybridized carbons (Fsp3) is 0.200. The molecule has 0 aliphatic heterocycles. The van der Waals surface area contributed by atoms with Crippen molar-refractivity contribution in [1.82, 2.24) is 0 Å². The number of ether oxygens (including phenoxy) is 1. The van der Waals surface area contributed by atoms with E-state index in [-0.39, 0.29) is 12.3 Å². The fourth-order valence-electron chi connectivity index (χ4n) is 0.973. The van der Waals surface area contributed by atoms with Crippen molar-refractivity contribution in [2.75, 3.05) is 0 Å². The molecule has 0 saturated heterocycles. The first-order chi connectivity index (χ1) is 8.49. The van der Waals surface area contributed by atoms with Crippen LogP contribution in [0.2, 0.25) is 0 Å². The molecule has 0 amide bonds. The standard InChI is InChI=1S/C10H9NO7/c1-7(12)17-18-10(13)16-6-8-2-4-9(5-3-8)11(14)15/h2-5H,6H2,1H3. The first-order valence-electron chi connectivity index (χ1n) is 4.74. The number of nitro groups is 1. The lowest BCUT2D eigenvalue weighted by molar-refractivity contribution is -0.384. The van der Waals surface area contributed by atoms with E-state index in [1.807, 2.05) is 0 Å². The maximum Gasteiger partial charge on any atom is 0.550 e. The lowest BCUT2D eigenvalue weighted by Crippen LogP contribution is -2.10. The molecule has 1 rings (SSSR count). The van der Waals surface area contributed by atoms with Gasteiger partial charge >= 0.3 is 12.1 Å². The maximum atomic E-state index is 10.9. The van der Waals surface area contributed by atoms with Crippen LogP contribution in [-0.2, 0) is 25.9 Å². The monoisotopic (exact) mass is 255 g/mol. The molecular formula is C10H9NO7. The van der Waals surface area contributed by atoms with E-state index >= 15 is 0 Å². The van der Waals surface area contributed by atoms with Gasteiger partial charge in [-0.2, -0.15) is 4.79 Å².